The second-order valence-corrected chi connectivity index (χ2v) is 7.04. The van der Waals surface area contributed by atoms with E-state index >= 15 is 0 Å². The molecular weight excluding hydrogens is 404 g/mol. The number of rotatable bonds is 9. The number of tetrazole rings is 1. The Morgan fingerprint density at radius 1 is 1.17 bits per heavy atom. The summed E-state index contributed by atoms with van der Waals surface area (Å²) in [6, 6.07) is 14.1. The van der Waals surface area contributed by atoms with Crippen LogP contribution in [0.5, 0.6) is 5.75 Å². The Bertz CT molecular complexity index is 1010. The van der Waals surface area contributed by atoms with E-state index in [1.807, 2.05) is 18.4 Å². The average Bonchev–Trinajstić information content (AvgIpc) is 3.26. The number of ether oxygens (including phenoxy) is 1. The van der Waals surface area contributed by atoms with Crippen LogP contribution in [0.25, 0.3) is 5.69 Å². The molecule has 0 bridgehead atoms. The van der Waals surface area contributed by atoms with Gasteiger partial charge in [0.05, 0.1) is 12.8 Å². The summed E-state index contributed by atoms with van der Waals surface area (Å²) in [6.07, 6.45) is 2.70. The SMILES string of the molecule is COc1ccc(C(=O)NCCCC(=O)Nc2cccc(-n3nnnc3SC)c2)cc1. The van der Waals surface area contributed by atoms with E-state index in [1.165, 1.54) is 11.8 Å². The third kappa shape index (κ3) is 5.57. The van der Waals surface area contributed by atoms with Crippen LogP contribution < -0.4 is 15.4 Å². The molecule has 0 aliphatic heterocycles. The molecule has 2 N–H and O–H groups in total. The van der Waals surface area contributed by atoms with Crippen LogP contribution in [0.1, 0.15) is 23.2 Å². The Labute approximate surface area is 178 Å². The Morgan fingerprint density at radius 3 is 2.70 bits per heavy atom. The molecular formula is C20H22N6O3S. The highest BCUT2D eigenvalue weighted by Crippen LogP contribution is 2.19. The lowest BCUT2D eigenvalue weighted by Crippen LogP contribution is -2.25. The van der Waals surface area contributed by atoms with Crippen LogP contribution in [-0.2, 0) is 4.79 Å². The lowest BCUT2D eigenvalue weighted by Gasteiger charge is -2.09. The number of hydrogen-bond donors (Lipinski definition) is 2. The highest BCUT2D eigenvalue weighted by Gasteiger charge is 2.09. The standard InChI is InChI=1S/C20H22N6O3S/c1-29-17-10-8-14(9-11-17)19(28)21-12-4-7-18(27)22-15-5-3-6-16(13-15)26-20(30-2)23-24-25-26/h3,5-6,8-11,13H,4,7,12H2,1-2H3,(H,21,28)(H,22,27). The van der Waals surface area contributed by atoms with E-state index in [0.717, 1.165) is 5.69 Å². The minimum Gasteiger partial charge on any atom is -0.497 e. The van der Waals surface area contributed by atoms with Gasteiger partial charge in [0.2, 0.25) is 11.1 Å². The van der Waals surface area contributed by atoms with Gasteiger partial charge in [-0.3, -0.25) is 9.59 Å². The van der Waals surface area contributed by atoms with Gasteiger partial charge in [0, 0.05) is 24.2 Å². The van der Waals surface area contributed by atoms with Crippen LogP contribution in [0.4, 0.5) is 5.69 Å². The number of thioether (sulfide) groups is 1. The first-order valence-corrected chi connectivity index (χ1v) is 10.5. The number of hydrogen-bond acceptors (Lipinski definition) is 7. The lowest BCUT2D eigenvalue weighted by molar-refractivity contribution is -0.116. The largest absolute Gasteiger partial charge is 0.497 e. The van der Waals surface area contributed by atoms with E-state index in [-0.39, 0.29) is 18.2 Å². The van der Waals surface area contributed by atoms with Gasteiger partial charge in [-0.05, 0) is 65.6 Å². The van der Waals surface area contributed by atoms with E-state index in [1.54, 1.807) is 48.2 Å². The summed E-state index contributed by atoms with van der Waals surface area (Å²) in [5, 5.41) is 17.9. The van der Waals surface area contributed by atoms with Gasteiger partial charge in [0.15, 0.2) is 0 Å². The van der Waals surface area contributed by atoms with Crippen molar-refractivity contribution < 1.29 is 14.3 Å². The Morgan fingerprint density at radius 2 is 1.97 bits per heavy atom. The van der Waals surface area contributed by atoms with E-state index in [0.29, 0.717) is 35.1 Å². The molecule has 0 aliphatic rings. The second kappa shape index (κ2) is 10.4. The number of benzene rings is 2. The molecule has 3 aromatic rings. The summed E-state index contributed by atoms with van der Waals surface area (Å²) in [7, 11) is 1.57. The summed E-state index contributed by atoms with van der Waals surface area (Å²) in [5.41, 5.74) is 1.96. The molecule has 1 aromatic heterocycles. The molecule has 0 aliphatic carbocycles. The Balaban J connectivity index is 1.46. The van der Waals surface area contributed by atoms with E-state index < -0.39 is 0 Å². The van der Waals surface area contributed by atoms with Crippen molar-refractivity contribution in [2.24, 2.45) is 0 Å². The monoisotopic (exact) mass is 426 g/mol. The number of amides is 2. The summed E-state index contributed by atoms with van der Waals surface area (Å²) in [4.78, 5) is 24.3. The average molecular weight is 427 g/mol. The maximum atomic E-state index is 12.2. The predicted molar refractivity (Wildman–Crippen MR) is 114 cm³/mol. The molecule has 0 atom stereocenters. The number of nitrogens with zero attached hydrogens (tertiary/aromatic N) is 4. The zero-order chi connectivity index (χ0) is 21.3. The topological polar surface area (TPSA) is 111 Å². The minimum atomic E-state index is -0.184. The number of carbonyl (C=O) groups is 2. The molecule has 0 saturated carbocycles. The van der Waals surface area contributed by atoms with Gasteiger partial charge in [0.25, 0.3) is 5.91 Å². The molecule has 10 heteroatoms. The maximum Gasteiger partial charge on any atom is 0.251 e. The predicted octanol–water partition coefficient (Wildman–Crippen LogP) is 2.54. The third-order valence-electron chi connectivity index (χ3n) is 4.22. The molecule has 0 spiro atoms. The van der Waals surface area contributed by atoms with Gasteiger partial charge in [-0.25, -0.2) is 0 Å². The van der Waals surface area contributed by atoms with Gasteiger partial charge < -0.3 is 15.4 Å². The fourth-order valence-corrected chi connectivity index (χ4v) is 3.14. The molecule has 2 aromatic carbocycles. The molecule has 0 saturated heterocycles. The highest BCUT2D eigenvalue weighted by atomic mass is 32.2. The fraction of sp³-hybridized carbons (Fsp3) is 0.250. The first kappa shape index (κ1) is 21.3. The van der Waals surface area contributed by atoms with Crippen LogP contribution in [-0.4, -0.2) is 51.9 Å². The zero-order valence-corrected chi connectivity index (χ0v) is 17.5. The third-order valence-corrected chi connectivity index (χ3v) is 4.84. The van der Waals surface area contributed by atoms with Crippen LogP contribution in [0.15, 0.2) is 53.7 Å². The number of anilines is 1. The van der Waals surface area contributed by atoms with Crippen LogP contribution in [0.2, 0.25) is 0 Å². The summed E-state index contributed by atoms with van der Waals surface area (Å²) >= 11 is 1.43. The van der Waals surface area contributed by atoms with Gasteiger partial charge in [0.1, 0.15) is 5.75 Å². The van der Waals surface area contributed by atoms with Gasteiger partial charge >= 0.3 is 0 Å². The van der Waals surface area contributed by atoms with E-state index in [2.05, 4.69) is 26.2 Å². The van der Waals surface area contributed by atoms with Crippen molar-refractivity contribution >= 4 is 29.3 Å². The maximum absolute atomic E-state index is 12.2. The first-order chi connectivity index (χ1) is 14.6. The van der Waals surface area contributed by atoms with Crippen molar-refractivity contribution in [2.75, 3.05) is 25.2 Å². The quantitative estimate of drug-likeness (QED) is 0.399. The number of nitrogens with one attached hydrogen (secondary N) is 2. The number of carbonyl (C=O) groups excluding carboxylic acids is 2. The zero-order valence-electron chi connectivity index (χ0n) is 16.7. The van der Waals surface area contributed by atoms with Crippen molar-refractivity contribution in [2.45, 2.75) is 18.0 Å². The summed E-state index contributed by atoms with van der Waals surface area (Å²) in [6.45, 7) is 0.403. The molecule has 0 fully saturated rings. The summed E-state index contributed by atoms with van der Waals surface area (Å²) < 4.78 is 6.68. The van der Waals surface area contributed by atoms with Crippen molar-refractivity contribution in [3.8, 4) is 11.4 Å². The molecule has 0 radical (unpaired) electrons. The molecule has 9 nitrogen and oxygen atoms in total. The molecule has 2 amide bonds. The number of aromatic nitrogens is 4. The van der Waals surface area contributed by atoms with Crippen molar-refractivity contribution in [1.82, 2.24) is 25.5 Å². The van der Waals surface area contributed by atoms with Crippen LogP contribution >= 0.6 is 11.8 Å². The molecule has 156 valence electrons. The highest BCUT2D eigenvalue weighted by molar-refractivity contribution is 7.98. The van der Waals surface area contributed by atoms with Crippen LogP contribution in [0, 0.1) is 0 Å². The van der Waals surface area contributed by atoms with E-state index in [9.17, 15) is 9.59 Å². The van der Waals surface area contributed by atoms with Gasteiger partial charge in [-0.15, -0.1) is 5.10 Å². The summed E-state index contributed by atoms with van der Waals surface area (Å²) in [5.74, 6) is 0.376. The van der Waals surface area contributed by atoms with Crippen molar-refractivity contribution in [3.63, 3.8) is 0 Å². The molecule has 0 unspecified atom stereocenters. The van der Waals surface area contributed by atoms with Gasteiger partial charge in [-0.1, -0.05) is 17.8 Å². The molecule has 30 heavy (non-hydrogen) atoms. The minimum absolute atomic E-state index is 0.132. The van der Waals surface area contributed by atoms with E-state index in [4.69, 9.17) is 4.74 Å². The fourth-order valence-electron chi connectivity index (χ4n) is 2.70. The van der Waals surface area contributed by atoms with Crippen molar-refractivity contribution in [3.05, 3.63) is 54.1 Å². The Hall–Kier alpha value is -3.40. The molecule has 3 rings (SSSR count). The second-order valence-electron chi connectivity index (χ2n) is 6.26. The lowest BCUT2D eigenvalue weighted by atomic mass is 10.2. The Kier molecular flexibility index (Phi) is 7.39. The normalized spacial score (nSPS) is 10.5. The van der Waals surface area contributed by atoms with Gasteiger partial charge in [-0.2, -0.15) is 4.68 Å². The van der Waals surface area contributed by atoms with Crippen LogP contribution in [0.3, 0.4) is 0 Å². The number of methoxy groups -OCH3 is 1. The molecule has 1 heterocycles. The van der Waals surface area contributed by atoms with Crippen molar-refractivity contribution in [1.29, 1.82) is 0 Å². The first-order valence-electron chi connectivity index (χ1n) is 9.25. The smallest absolute Gasteiger partial charge is 0.251 e.